The van der Waals surface area contributed by atoms with Gasteiger partial charge in [-0.2, -0.15) is 0 Å². The molecule has 31 heavy (non-hydrogen) atoms. The molecule has 0 aliphatic carbocycles. The number of para-hydroxylation sites is 1. The lowest BCUT2D eigenvalue weighted by molar-refractivity contribution is 0.102. The predicted octanol–water partition coefficient (Wildman–Crippen LogP) is 5.09. The summed E-state index contributed by atoms with van der Waals surface area (Å²) >= 11 is 1.40. The number of ether oxygens (including phenoxy) is 1. The Labute approximate surface area is 185 Å². The summed E-state index contributed by atoms with van der Waals surface area (Å²) in [5, 5.41) is 10.4. The van der Waals surface area contributed by atoms with Gasteiger partial charge in [-0.1, -0.05) is 36.0 Å². The molecule has 0 saturated carbocycles. The van der Waals surface area contributed by atoms with E-state index >= 15 is 0 Å². The number of carbonyl (C=O) groups is 1. The van der Waals surface area contributed by atoms with E-state index in [1.165, 1.54) is 11.8 Å². The van der Waals surface area contributed by atoms with Gasteiger partial charge in [0.1, 0.15) is 5.75 Å². The zero-order chi connectivity index (χ0) is 21.8. The van der Waals surface area contributed by atoms with E-state index in [9.17, 15) is 4.79 Å². The highest BCUT2D eigenvalue weighted by molar-refractivity contribution is 7.99. The number of aromatic nitrogens is 4. The van der Waals surface area contributed by atoms with Crippen LogP contribution in [0.25, 0.3) is 22.3 Å². The summed E-state index contributed by atoms with van der Waals surface area (Å²) in [6, 6.07) is 15.7. The van der Waals surface area contributed by atoms with Gasteiger partial charge in [-0.15, -0.1) is 16.8 Å². The molecule has 0 amide bonds. The number of benzene rings is 2. The molecule has 0 aliphatic heterocycles. The molecule has 158 valence electrons. The van der Waals surface area contributed by atoms with Gasteiger partial charge in [-0.05, 0) is 37.3 Å². The molecular formula is C24H24N4O2S. The molecular weight excluding hydrogens is 408 g/mol. The number of carbonyl (C=O) groups excluding carboxylic acids is 1. The van der Waals surface area contributed by atoms with Crippen LogP contribution >= 0.6 is 11.8 Å². The van der Waals surface area contributed by atoms with Crippen molar-refractivity contribution in [2.45, 2.75) is 25.2 Å². The third-order valence-corrected chi connectivity index (χ3v) is 6.11. The molecule has 2 aromatic carbocycles. The Balaban J connectivity index is 1.58. The van der Waals surface area contributed by atoms with Gasteiger partial charge >= 0.3 is 0 Å². The van der Waals surface area contributed by atoms with Crippen LogP contribution in [0.3, 0.4) is 0 Å². The Bertz CT molecular complexity index is 1220. The van der Waals surface area contributed by atoms with E-state index in [1.54, 1.807) is 13.2 Å². The van der Waals surface area contributed by atoms with Crippen LogP contribution in [0.4, 0.5) is 0 Å². The number of nitrogens with zero attached hydrogens (tertiary/aromatic N) is 4. The SMILES string of the molecule is C=CCn1c(SCC(=O)c2cn(CC)c3ccccc23)nnc1-c1ccc(OC)cc1. The van der Waals surface area contributed by atoms with Crippen LogP contribution in [0, 0.1) is 0 Å². The molecule has 0 saturated heterocycles. The molecule has 0 atom stereocenters. The fraction of sp³-hybridized carbons (Fsp3) is 0.208. The monoisotopic (exact) mass is 432 g/mol. The second-order valence-corrected chi connectivity index (χ2v) is 7.93. The van der Waals surface area contributed by atoms with Gasteiger partial charge in [0.15, 0.2) is 16.8 Å². The van der Waals surface area contributed by atoms with E-state index < -0.39 is 0 Å². The van der Waals surface area contributed by atoms with E-state index in [-0.39, 0.29) is 11.5 Å². The maximum atomic E-state index is 13.1. The van der Waals surface area contributed by atoms with Crippen molar-refractivity contribution in [3.05, 3.63) is 72.9 Å². The summed E-state index contributed by atoms with van der Waals surface area (Å²) in [6.45, 7) is 7.30. The van der Waals surface area contributed by atoms with Crippen molar-refractivity contribution in [1.82, 2.24) is 19.3 Å². The van der Waals surface area contributed by atoms with Gasteiger partial charge in [0.2, 0.25) is 0 Å². The Morgan fingerprint density at radius 1 is 1.16 bits per heavy atom. The summed E-state index contributed by atoms with van der Waals surface area (Å²) < 4.78 is 9.31. The molecule has 0 aliphatic rings. The van der Waals surface area contributed by atoms with Gasteiger partial charge in [0.25, 0.3) is 0 Å². The summed E-state index contributed by atoms with van der Waals surface area (Å²) in [5.41, 5.74) is 2.75. The Morgan fingerprint density at radius 2 is 1.94 bits per heavy atom. The van der Waals surface area contributed by atoms with Crippen molar-refractivity contribution < 1.29 is 9.53 Å². The van der Waals surface area contributed by atoms with Crippen LogP contribution < -0.4 is 4.74 Å². The number of aryl methyl sites for hydroxylation is 1. The molecule has 7 heteroatoms. The molecule has 2 heterocycles. The Morgan fingerprint density at radius 3 is 2.65 bits per heavy atom. The van der Waals surface area contributed by atoms with E-state index in [4.69, 9.17) is 4.74 Å². The van der Waals surface area contributed by atoms with Gasteiger partial charge in [0.05, 0.1) is 12.9 Å². The van der Waals surface area contributed by atoms with Crippen LogP contribution in [-0.2, 0) is 13.1 Å². The molecule has 4 rings (SSSR count). The summed E-state index contributed by atoms with van der Waals surface area (Å²) in [5.74, 6) is 1.88. The van der Waals surface area contributed by atoms with Gasteiger partial charge < -0.3 is 9.30 Å². The van der Waals surface area contributed by atoms with Crippen molar-refractivity contribution in [1.29, 1.82) is 0 Å². The molecule has 0 bridgehead atoms. The van der Waals surface area contributed by atoms with Crippen molar-refractivity contribution in [3.8, 4) is 17.1 Å². The fourth-order valence-electron chi connectivity index (χ4n) is 3.58. The van der Waals surface area contributed by atoms with Crippen molar-refractivity contribution in [3.63, 3.8) is 0 Å². The topological polar surface area (TPSA) is 61.9 Å². The number of Topliss-reactive ketones (excluding diaryl/α,β-unsaturated/α-hetero) is 1. The minimum Gasteiger partial charge on any atom is -0.497 e. The average molecular weight is 433 g/mol. The Hall–Kier alpha value is -3.32. The molecule has 6 nitrogen and oxygen atoms in total. The number of methoxy groups -OCH3 is 1. The summed E-state index contributed by atoms with van der Waals surface area (Å²) in [6.07, 6.45) is 3.75. The molecule has 0 radical (unpaired) electrons. The maximum Gasteiger partial charge on any atom is 0.192 e. The maximum absolute atomic E-state index is 13.1. The largest absolute Gasteiger partial charge is 0.497 e. The number of rotatable bonds is 9. The summed E-state index contributed by atoms with van der Waals surface area (Å²) in [7, 11) is 1.64. The van der Waals surface area contributed by atoms with E-state index in [0.29, 0.717) is 11.7 Å². The second-order valence-electron chi connectivity index (χ2n) is 6.99. The standard InChI is InChI=1S/C24H24N4O2S/c1-4-14-28-23(17-10-12-18(30-3)13-11-17)25-26-24(28)31-16-22(29)20-15-27(5-2)21-9-7-6-8-19(20)21/h4,6-13,15H,1,5,14,16H2,2-3H3. The zero-order valence-corrected chi connectivity index (χ0v) is 18.4. The number of hydrogen-bond donors (Lipinski definition) is 0. The highest BCUT2D eigenvalue weighted by atomic mass is 32.2. The van der Waals surface area contributed by atoms with Crippen LogP contribution in [0.2, 0.25) is 0 Å². The molecule has 0 fully saturated rings. The molecule has 2 aromatic heterocycles. The van der Waals surface area contributed by atoms with Crippen LogP contribution in [0.1, 0.15) is 17.3 Å². The predicted molar refractivity (Wildman–Crippen MR) is 125 cm³/mol. The lowest BCUT2D eigenvalue weighted by atomic mass is 10.1. The first-order valence-corrected chi connectivity index (χ1v) is 11.1. The summed E-state index contributed by atoms with van der Waals surface area (Å²) in [4.78, 5) is 13.1. The van der Waals surface area contributed by atoms with Crippen LogP contribution in [0.5, 0.6) is 5.75 Å². The van der Waals surface area contributed by atoms with Gasteiger partial charge in [-0.3, -0.25) is 9.36 Å². The zero-order valence-electron chi connectivity index (χ0n) is 17.6. The number of ketones is 1. The van der Waals surface area contributed by atoms with Crippen LogP contribution in [-0.4, -0.2) is 38.0 Å². The second kappa shape index (κ2) is 9.22. The van der Waals surface area contributed by atoms with E-state index in [1.807, 2.05) is 59.3 Å². The molecule has 0 spiro atoms. The molecule has 0 unspecified atom stereocenters. The van der Waals surface area contributed by atoms with Crippen LogP contribution in [0.15, 0.2) is 72.5 Å². The third-order valence-electron chi connectivity index (χ3n) is 5.14. The molecule has 0 N–H and O–H groups in total. The fourth-order valence-corrected chi connectivity index (χ4v) is 4.41. The van der Waals surface area contributed by atoms with Crippen molar-refractivity contribution in [2.75, 3.05) is 12.9 Å². The highest BCUT2D eigenvalue weighted by Crippen LogP contribution is 2.28. The quantitative estimate of drug-likeness (QED) is 0.209. The minimum absolute atomic E-state index is 0.0764. The highest BCUT2D eigenvalue weighted by Gasteiger charge is 2.18. The first-order valence-electron chi connectivity index (χ1n) is 10.1. The normalized spacial score (nSPS) is 11.0. The lowest BCUT2D eigenvalue weighted by Gasteiger charge is -2.08. The molecule has 4 aromatic rings. The van der Waals surface area contributed by atoms with E-state index in [0.717, 1.165) is 40.1 Å². The number of allylic oxidation sites excluding steroid dienone is 1. The Kier molecular flexibility index (Phi) is 6.23. The van der Waals surface area contributed by atoms with Crippen molar-refractivity contribution >= 4 is 28.4 Å². The van der Waals surface area contributed by atoms with Gasteiger partial charge in [0, 0.05) is 41.3 Å². The smallest absolute Gasteiger partial charge is 0.192 e. The first kappa shape index (κ1) is 20.9. The van der Waals surface area contributed by atoms with Gasteiger partial charge in [-0.25, -0.2) is 0 Å². The number of thioether (sulfide) groups is 1. The lowest BCUT2D eigenvalue weighted by Crippen LogP contribution is -2.05. The van der Waals surface area contributed by atoms with Crippen molar-refractivity contribution in [2.24, 2.45) is 0 Å². The van der Waals surface area contributed by atoms with E-state index in [2.05, 4.69) is 28.3 Å². The third kappa shape index (κ3) is 4.14. The minimum atomic E-state index is 0.0764. The number of hydrogen-bond acceptors (Lipinski definition) is 5. The first-order chi connectivity index (χ1) is 15.2. The number of fused-ring (bicyclic) bond motifs is 1. The average Bonchev–Trinajstić information content (AvgIpc) is 3.39.